The molecule has 0 saturated carbocycles. The molecule has 32 heavy (non-hydrogen) atoms. The number of rotatable bonds is 5. The number of nitrogens with zero attached hydrogens (tertiary/aromatic N) is 1. The van der Waals surface area contributed by atoms with Gasteiger partial charge in [0.15, 0.2) is 0 Å². The first-order chi connectivity index (χ1) is 15.4. The number of amides is 1. The zero-order chi connectivity index (χ0) is 22.8. The van der Waals surface area contributed by atoms with E-state index in [4.69, 9.17) is 16.3 Å². The molecule has 1 aliphatic heterocycles. The van der Waals surface area contributed by atoms with E-state index in [9.17, 15) is 19.1 Å². The molecule has 0 aromatic heterocycles. The minimum Gasteiger partial charge on any atom is -0.507 e. The van der Waals surface area contributed by atoms with Crippen LogP contribution in [0.2, 0.25) is 5.02 Å². The van der Waals surface area contributed by atoms with Gasteiger partial charge in [-0.25, -0.2) is 4.39 Å². The van der Waals surface area contributed by atoms with Gasteiger partial charge in [-0.3, -0.25) is 14.5 Å². The van der Waals surface area contributed by atoms with Crippen molar-refractivity contribution in [2.24, 2.45) is 0 Å². The summed E-state index contributed by atoms with van der Waals surface area (Å²) < 4.78 is 20.3. The Morgan fingerprint density at radius 1 is 1.06 bits per heavy atom. The van der Waals surface area contributed by atoms with Gasteiger partial charge in [0.25, 0.3) is 11.7 Å². The minimum absolute atomic E-state index is 0.0780. The first-order valence-corrected chi connectivity index (χ1v) is 10.3. The van der Waals surface area contributed by atoms with Gasteiger partial charge in [0.1, 0.15) is 17.3 Å². The van der Waals surface area contributed by atoms with Gasteiger partial charge in [0.05, 0.1) is 23.2 Å². The molecule has 1 aliphatic rings. The number of halogens is 2. The van der Waals surface area contributed by atoms with Gasteiger partial charge in [-0.1, -0.05) is 48.0 Å². The fourth-order valence-corrected chi connectivity index (χ4v) is 3.97. The molecular weight excluding hydrogens is 433 g/mol. The molecule has 7 heteroatoms. The van der Waals surface area contributed by atoms with Crippen LogP contribution in [0.3, 0.4) is 0 Å². The average Bonchev–Trinajstić information content (AvgIpc) is 3.06. The summed E-state index contributed by atoms with van der Waals surface area (Å²) in [5, 5.41) is 11.3. The van der Waals surface area contributed by atoms with Crippen LogP contribution in [-0.2, 0) is 9.59 Å². The lowest BCUT2D eigenvalue weighted by Crippen LogP contribution is -2.29. The molecule has 1 fully saturated rings. The Hall–Kier alpha value is -3.64. The summed E-state index contributed by atoms with van der Waals surface area (Å²) in [6.45, 7) is 2.19. The van der Waals surface area contributed by atoms with Crippen molar-refractivity contribution in [1.29, 1.82) is 0 Å². The van der Waals surface area contributed by atoms with E-state index in [1.807, 2.05) is 0 Å². The van der Waals surface area contributed by atoms with Crippen molar-refractivity contribution < 1.29 is 23.8 Å². The Labute approximate surface area is 189 Å². The SMILES string of the molecule is CCOc1ccc(Cl)c(/C(O)=C2\C(=O)C(=O)N(c3ccccc3)C2c2ccccc2F)c1. The van der Waals surface area contributed by atoms with Gasteiger partial charge in [-0.05, 0) is 43.3 Å². The fraction of sp³-hybridized carbons (Fsp3) is 0.120. The van der Waals surface area contributed by atoms with Crippen LogP contribution in [0, 0.1) is 5.82 Å². The van der Waals surface area contributed by atoms with Gasteiger partial charge < -0.3 is 9.84 Å². The predicted molar refractivity (Wildman–Crippen MR) is 120 cm³/mol. The quantitative estimate of drug-likeness (QED) is 0.316. The lowest BCUT2D eigenvalue weighted by molar-refractivity contribution is -0.132. The zero-order valence-corrected chi connectivity index (χ0v) is 17.8. The molecule has 1 heterocycles. The molecule has 3 aromatic rings. The van der Waals surface area contributed by atoms with Crippen molar-refractivity contribution in [3.8, 4) is 5.75 Å². The van der Waals surface area contributed by atoms with Crippen molar-refractivity contribution in [3.05, 3.63) is 100 Å². The molecule has 1 saturated heterocycles. The molecule has 4 rings (SSSR count). The van der Waals surface area contributed by atoms with Gasteiger partial charge in [0.2, 0.25) is 0 Å². The lowest BCUT2D eigenvalue weighted by atomic mass is 9.94. The zero-order valence-electron chi connectivity index (χ0n) is 17.1. The van der Waals surface area contributed by atoms with E-state index in [0.29, 0.717) is 18.0 Å². The predicted octanol–water partition coefficient (Wildman–Crippen LogP) is 5.50. The maximum atomic E-state index is 14.9. The molecule has 1 amide bonds. The number of hydrogen-bond acceptors (Lipinski definition) is 4. The van der Waals surface area contributed by atoms with Crippen LogP contribution in [0.25, 0.3) is 5.76 Å². The molecule has 3 aromatic carbocycles. The smallest absolute Gasteiger partial charge is 0.300 e. The first kappa shape index (κ1) is 21.6. The Balaban J connectivity index is 1.97. The lowest BCUT2D eigenvalue weighted by Gasteiger charge is -2.25. The monoisotopic (exact) mass is 451 g/mol. The van der Waals surface area contributed by atoms with E-state index in [-0.39, 0.29) is 21.7 Å². The van der Waals surface area contributed by atoms with Crippen LogP contribution in [0.1, 0.15) is 24.1 Å². The largest absolute Gasteiger partial charge is 0.507 e. The summed E-state index contributed by atoms with van der Waals surface area (Å²) in [4.78, 5) is 27.4. The number of ketones is 1. The van der Waals surface area contributed by atoms with Crippen LogP contribution in [-0.4, -0.2) is 23.4 Å². The summed E-state index contributed by atoms with van der Waals surface area (Å²) in [6, 6.07) is 17.7. The molecule has 0 aliphatic carbocycles. The number of benzene rings is 3. The topological polar surface area (TPSA) is 66.8 Å². The number of anilines is 1. The Morgan fingerprint density at radius 2 is 1.75 bits per heavy atom. The van der Waals surface area contributed by atoms with E-state index in [1.165, 1.54) is 35.2 Å². The second-order valence-corrected chi connectivity index (χ2v) is 7.51. The number of aliphatic hydroxyl groups is 1. The summed E-state index contributed by atoms with van der Waals surface area (Å²) in [6.07, 6.45) is 0. The third kappa shape index (κ3) is 3.74. The van der Waals surface area contributed by atoms with Gasteiger partial charge >= 0.3 is 0 Å². The van der Waals surface area contributed by atoms with Gasteiger partial charge in [0, 0.05) is 16.8 Å². The van der Waals surface area contributed by atoms with E-state index in [0.717, 1.165) is 0 Å². The summed E-state index contributed by atoms with van der Waals surface area (Å²) in [5.41, 5.74) is 0.342. The van der Waals surface area contributed by atoms with Crippen molar-refractivity contribution >= 4 is 34.7 Å². The molecule has 0 radical (unpaired) electrons. The Kier molecular flexibility index (Phi) is 5.97. The number of hydrogen-bond donors (Lipinski definition) is 1. The number of aliphatic hydroxyl groups excluding tert-OH is 1. The maximum Gasteiger partial charge on any atom is 0.300 e. The Morgan fingerprint density at radius 3 is 2.44 bits per heavy atom. The van der Waals surface area contributed by atoms with Crippen molar-refractivity contribution in [2.45, 2.75) is 13.0 Å². The highest BCUT2D eigenvalue weighted by Gasteiger charge is 2.47. The average molecular weight is 452 g/mol. The normalized spacial score (nSPS) is 17.6. The molecule has 0 spiro atoms. The molecule has 1 unspecified atom stereocenters. The van der Waals surface area contributed by atoms with Crippen LogP contribution in [0.5, 0.6) is 5.75 Å². The number of para-hydroxylation sites is 1. The molecule has 5 nitrogen and oxygen atoms in total. The summed E-state index contributed by atoms with van der Waals surface area (Å²) >= 11 is 6.30. The number of ether oxygens (including phenoxy) is 1. The first-order valence-electron chi connectivity index (χ1n) is 9.97. The minimum atomic E-state index is -1.18. The summed E-state index contributed by atoms with van der Waals surface area (Å²) in [7, 11) is 0. The molecule has 1 atom stereocenters. The number of carbonyl (C=O) groups is 2. The van der Waals surface area contributed by atoms with Crippen molar-refractivity contribution in [2.75, 3.05) is 11.5 Å². The number of carbonyl (C=O) groups excluding carboxylic acids is 2. The van der Waals surface area contributed by atoms with E-state index in [1.54, 1.807) is 49.4 Å². The van der Waals surface area contributed by atoms with Crippen LogP contribution < -0.4 is 9.64 Å². The Bertz CT molecular complexity index is 1230. The second kappa shape index (κ2) is 8.85. The van der Waals surface area contributed by atoms with Gasteiger partial charge in [-0.15, -0.1) is 0 Å². The standard InChI is InChI=1S/C25H19ClFNO4/c1-2-32-16-12-13-19(26)18(14-16)23(29)21-22(17-10-6-7-11-20(17)27)28(25(31)24(21)30)15-8-4-3-5-9-15/h3-14,22,29H,2H2,1H3/b23-21+. The van der Waals surface area contributed by atoms with Crippen molar-refractivity contribution in [1.82, 2.24) is 0 Å². The molecule has 162 valence electrons. The summed E-state index contributed by atoms with van der Waals surface area (Å²) in [5.74, 6) is -2.49. The highest BCUT2D eigenvalue weighted by molar-refractivity contribution is 6.52. The van der Waals surface area contributed by atoms with Crippen LogP contribution in [0.15, 0.2) is 78.4 Å². The van der Waals surface area contributed by atoms with Gasteiger partial charge in [-0.2, -0.15) is 0 Å². The third-order valence-corrected chi connectivity index (χ3v) is 5.51. The van der Waals surface area contributed by atoms with E-state index in [2.05, 4.69) is 0 Å². The van der Waals surface area contributed by atoms with Crippen LogP contribution in [0.4, 0.5) is 10.1 Å². The fourth-order valence-electron chi connectivity index (χ4n) is 3.77. The van der Waals surface area contributed by atoms with E-state index >= 15 is 0 Å². The number of Topliss-reactive ketones (excluding diaryl/α,β-unsaturated/α-hetero) is 1. The van der Waals surface area contributed by atoms with E-state index < -0.39 is 29.3 Å². The molecule has 1 N–H and O–H groups in total. The second-order valence-electron chi connectivity index (χ2n) is 7.10. The highest BCUT2D eigenvalue weighted by Crippen LogP contribution is 2.43. The third-order valence-electron chi connectivity index (χ3n) is 5.18. The molecular formula is C25H19ClFNO4. The van der Waals surface area contributed by atoms with Crippen molar-refractivity contribution in [3.63, 3.8) is 0 Å². The van der Waals surface area contributed by atoms with Crippen LogP contribution >= 0.6 is 11.6 Å². The highest BCUT2D eigenvalue weighted by atomic mass is 35.5. The maximum absolute atomic E-state index is 14.9. The molecule has 0 bridgehead atoms.